The van der Waals surface area contributed by atoms with Gasteiger partial charge < -0.3 is 19.4 Å². The van der Waals surface area contributed by atoms with Gasteiger partial charge in [-0.25, -0.2) is 13.2 Å². The minimum absolute atomic E-state index is 0.0235. The molecule has 0 aliphatic heterocycles. The zero-order valence-corrected chi connectivity index (χ0v) is 23.1. The van der Waals surface area contributed by atoms with E-state index in [0.717, 1.165) is 4.88 Å². The monoisotopic (exact) mass is 550 g/mol. The highest BCUT2D eigenvalue weighted by atomic mass is 32.2. The summed E-state index contributed by atoms with van der Waals surface area (Å²) >= 11 is 1.37. The summed E-state index contributed by atoms with van der Waals surface area (Å²) in [7, 11) is -4.04. The molecule has 0 aliphatic rings. The fourth-order valence-electron chi connectivity index (χ4n) is 3.78. The van der Waals surface area contributed by atoms with E-state index in [-0.39, 0.29) is 42.2 Å². The molecule has 0 fully saturated rings. The Morgan fingerprint density at radius 1 is 1.14 bits per heavy atom. The lowest BCUT2D eigenvalue weighted by Crippen LogP contribution is -2.51. The Morgan fingerprint density at radius 2 is 1.86 bits per heavy atom. The number of nitrogens with one attached hydrogen (secondary N) is 2. The lowest BCUT2D eigenvalue weighted by Gasteiger charge is -2.30. The van der Waals surface area contributed by atoms with Gasteiger partial charge in [-0.2, -0.15) is 4.72 Å². The van der Waals surface area contributed by atoms with Crippen LogP contribution in [0.1, 0.15) is 39.0 Å². The molecule has 1 atom stereocenters. The van der Waals surface area contributed by atoms with E-state index < -0.39 is 22.2 Å². The van der Waals surface area contributed by atoms with E-state index in [2.05, 4.69) is 15.0 Å². The van der Waals surface area contributed by atoms with Gasteiger partial charge in [-0.1, -0.05) is 27.7 Å². The number of hydrogen-bond donors (Lipinski definition) is 2. The van der Waals surface area contributed by atoms with Crippen LogP contribution in [0, 0.1) is 11.8 Å². The molecule has 202 valence electrons. The molecule has 10 nitrogen and oxygen atoms in total. The Bertz CT molecular complexity index is 1260. The van der Waals surface area contributed by atoms with Crippen LogP contribution in [0.25, 0.3) is 11.0 Å². The number of carbonyl (C=O) groups excluding carboxylic acids is 2. The predicted octanol–water partition coefficient (Wildman–Crippen LogP) is 3.99. The first-order valence-electron chi connectivity index (χ1n) is 12.1. The van der Waals surface area contributed by atoms with Gasteiger partial charge in [-0.05, 0) is 42.5 Å². The van der Waals surface area contributed by atoms with Crippen LogP contribution in [-0.4, -0.2) is 56.0 Å². The van der Waals surface area contributed by atoms with Gasteiger partial charge in [-0.3, -0.25) is 9.78 Å². The van der Waals surface area contributed by atoms with Crippen LogP contribution in [-0.2, 0) is 26.2 Å². The number of nitrogens with zero attached hydrogens (tertiary/aromatic N) is 2. The maximum atomic E-state index is 13.6. The van der Waals surface area contributed by atoms with Crippen molar-refractivity contribution >= 4 is 44.3 Å². The number of furan rings is 1. The molecule has 2 amide bonds. The molecule has 12 heteroatoms. The highest BCUT2D eigenvalue weighted by molar-refractivity contribution is 7.89. The molecule has 3 aromatic rings. The van der Waals surface area contributed by atoms with Crippen molar-refractivity contribution in [1.29, 1.82) is 0 Å². The molecule has 1 aromatic carbocycles. The SMILES string of the molecule is CC(C)CN(CC(C)C)C(=O)[C@H](CCNC(=O)OCc1cncs1)NS(=O)(=O)c1ccc2occc2c1. The molecule has 0 radical (unpaired) electrons. The molecule has 2 aromatic heterocycles. The summed E-state index contributed by atoms with van der Waals surface area (Å²) < 4.78 is 39.6. The molecular formula is C25H34N4O6S2. The van der Waals surface area contributed by atoms with Crippen LogP contribution >= 0.6 is 11.3 Å². The van der Waals surface area contributed by atoms with E-state index in [1.807, 2.05) is 27.7 Å². The summed E-state index contributed by atoms with van der Waals surface area (Å²) in [6.45, 7) is 9.10. The Kier molecular flexibility index (Phi) is 10.1. The van der Waals surface area contributed by atoms with E-state index in [0.29, 0.717) is 24.1 Å². The van der Waals surface area contributed by atoms with Crippen molar-refractivity contribution in [3.8, 4) is 0 Å². The lowest BCUT2D eigenvalue weighted by molar-refractivity contribution is -0.134. The molecule has 2 heterocycles. The molecule has 0 saturated heterocycles. The van der Waals surface area contributed by atoms with Crippen LogP contribution in [0.2, 0.25) is 0 Å². The zero-order valence-electron chi connectivity index (χ0n) is 21.5. The maximum Gasteiger partial charge on any atom is 0.407 e. The van der Waals surface area contributed by atoms with Crippen molar-refractivity contribution in [2.75, 3.05) is 19.6 Å². The van der Waals surface area contributed by atoms with E-state index in [9.17, 15) is 18.0 Å². The van der Waals surface area contributed by atoms with E-state index in [4.69, 9.17) is 9.15 Å². The lowest BCUT2D eigenvalue weighted by atomic mass is 10.1. The second kappa shape index (κ2) is 13.0. The number of rotatable bonds is 13. The first-order valence-corrected chi connectivity index (χ1v) is 14.5. The molecule has 0 bridgehead atoms. The fraction of sp³-hybridized carbons (Fsp3) is 0.480. The minimum atomic E-state index is -4.04. The average molecular weight is 551 g/mol. The van der Waals surface area contributed by atoms with E-state index in [1.165, 1.54) is 29.7 Å². The van der Waals surface area contributed by atoms with Gasteiger partial charge >= 0.3 is 6.09 Å². The van der Waals surface area contributed by atoms with E-state index >= 15 is 0 Å². The third-order valence-corrected chi connectivity index (χ3v) is 7.57. The summed E-state index contributed by atoms with van der Waals surface area (Å²) in [4.78, 5) is 32.1. The Morgan fingerprint density at radius 3 is 2.51 bits per heavy atom. The molecule has 37 heavy (non-hydrogen) atoms. The van der Waals surface area contributed by atoms with Crippen molar-refractivity contribution in [3.05, 3.63) is 47.1 Å². The van der Waals surface area contributed by atoms with Gasteiger partial charge in [0.25, 0.3) is 0 Å². The molecule has 0 saturated carbocycles. The first-order chi connectivity index (χ1) is 17.5. The second-order valence-corrected chi connectivity index (χ2v) is 12.3. The highest BCUT2D eigenvalue weighted by Crippen LogP contribution is 2.21. The summed E-state index contributed by atoms with van der Waals surface area (Å²) in [5.41, 5.74) is 2.20. The van der Waals surface area contributed by atoms with Crippen molar-refractivity contribution in [3.63, 3.8) is 0 Å². The molecule has 0 spiro atoms. The molecule has 0 unspecified atom stereocenters. The number of sulfonamides is 1. The standard InChI is InChI=1S/C25H34N4O6S2/c1-17(2)13-29(14-18(3)4)24(30)22(7-9-27-25(31)35-15-20-12-26-16-36-20)28-37(32,33)21-5-6-23-19(11-21)8-10-34-23/h5-6,8,10-12,16-18,22,28H,7,9,13-15H2,1-4H3,(H,27,31)/t22-/m0/s1. The predicted molar refractivity (Wildman–Crippen MR) is 141 cm³/mol. The number of amides is 2. The maximum absolute atomic E-state index is 13.6. The summed E-state index contributed by atoms with van der Waals surface area (Å²) in [6.07, 6.45) is 2.49. The molecular weight excluding hydrogens is 516 g/mol. The van der Waals surface area contributed by atoms with Gasteiger partial charge in [0, 0.05) is 31.2 Å². The van der Waals surface area contributed by atoms with Crippen molar-refractivity contribution in [1.82, 2.24) is 19.9 Å². The number of fused-ring (bicyclic) bond motifs is 1. The number of benzene rings is 1. The quantitative estimate of drug-likeness (QED) is 0.329. The summed E-state index contributed by atoms with van der Waals surface area (Å²) in [6, 6.07) is 5.10. The first kappa shape index (κ1) is 28.6. The molecule has 0 aliphatic carbocycles. The number of alkyl carbamates (subject to hydrolysis) is 1. The van der Waals surface area contributed by atoms with Gasteiger partial charge in [-0.15, -0.1) is 11.3 Å². The molecule has 2 N–H and O–H groups in total. The van der Waals surface area contributed by atoms with Gasteiger partial charge in [0.2, 0.25) is 15.9 Å². The fourth-order valence-corrected chi connectivity index (χ4v) is 5.54. The van der Waals surface area contributed by atoms with Gasteiger partial charge in [0.15, 0.2) is 0 Å². The van der Waals surface area contributed by atoms with Crippen LogP contribution in [0.4, 0.5) is 4.79 Å². The minimum Gasteiger partial charge on any atom is -0.464 e. The number of aromatic nitrogens is 1. The summed E-state index contributed by atoms with van der Waals surface area (Å²) in [5.74, 6) is 0.0572. The van der Waals surface area contributed by atoms with Crippen molar-refractivity contribution in [2.45, 2.75) is 51.7 Å². The third kappa shape index (κ3) is 8.54. The number of hydrogen-bond acceptors (Lipinski definition) is 8. The average Bonchev–Trinajstić information content (AvgIpc) is 3.52. The van der Waals surface area contributed by atoms with Gasteiger partial charge in [0.05, 0.1) is 21.5 Å². The Balaban J connectivity index is 1.74. The van der Waals surface area contributed by atoms with Crippen LogP contribution in [0.3, 0.4) is 0 Å². The van der Waals surface area contributed by atoms with E-state index in [1.54, 1.807) is 28.7 Å². The zero-order chi connectivity index (χ0) is 27.0. The summed E-state index contributed by atoms with van der Waals surface area (Å²) in [5, 5.41) is 3.24. The highest BCUT2D eigenvalue weighted by Gasteiger charge is 2.30. The molecule has 3 rings (SSSR count). The van der Waals surface area contributed by atoms with Crippen LogP contribution in [0.15, 0.2) is 51.5 Å². The van der Waals surface area contributed by atoms with Gasteiger partial charge in [0.1, 0.15) is 18.2 Å². The Hall–Kier alpha value is -2.96. The number of carbonyl (C=O) groups is 2. The third-order valence-electron chi connectivity index (χ3n) is 5.34. The van der Waals surface area contributed by atoms with Crippen LogP contribution < -0.4 is 10.0 Å². The Labute approximate surface area is 221 Å². The second-order valence-electron chi connectivity index (χ2n) is 9.58. The van der Waals surface area contributed by atoms with Crippen molar-refractivity contribution < 1.29 is 27.2 Å². The van der Waals surface area contributed by atoms with Crippen LogP contribution in [0.5, 0.6) is 0 Å². The number of ether oxygens (including phenoxy) is 1. The van der Waals surface area contributed by atoms with Crippen molar-refractivity contribution in [2.24, 2.45) is 11.8 Å². The smallest absolute Gasteiger partial charge is 0.407 e. The largest absolute Gasteiger partial charge is 0.464 e. The normalized spacial score (nSPS) is 12.7. The number of thiazole rings is 1. The topological polar surface area (TPSA) is 131 Å².